The zero-order chi connectivity index (χ0) is 14.8. The molecule has 1 heterocycles. The van der Waals surface area contributed by atoms with Crippen molar-refractivity contribution >= 4 is 17.5 Å². The van der Waals surface area contributed by atoms with Crippen LogP contribution in [0.3, 0.4) is 0 Å². The molecule has 1 unspecified atom stereocenters. The van der Waals surface area contributed by atoms with Gasteiger partial charge in [-0.2, -0.15) is 0 Å². The minimum Gasteiger partial charge on any atom is -0.439 e. The van der Waals surface area contributed by atoms with E-state index in [2.05, 4.69) is 0 Å². The maximum atomic E-state index is 11.9. The fourth-order valence-electron chi connectivity index (χ4n) is 2.27. The Bertz CT molecular complexity index is 670. The number of amides is 1. The molecule has 106 valence electrons. The summed E-state index contributed by atoms with van der Waals surface area (Å²) in [5.74, 6) is 0. The summed E-state index contributed by atoms with van der Waals surface area (Å²) in [7, 11) is 0. The number of carbonyl (C=O) groups is 1. The van der Waals surface area contributed by atoms with E-state index in [-0.39, 0.29) is 11.8 Å². The van der Waals surface area contributed by atoms with Gasteiger partial charge in [-0.15, -0.1) is 0 Å². The normalized spacial score (nSPS) is 17.6. The van der Waals surface area contributed by atoms with E-state index in [0.717, 1.165) is 5.56 Å². The summed E-state index contributed by atoms with van der Waals surface area (Å²) in [6.45, 7) is 0.390. The van der Waals surface area contributed by atoms with Crippen molar-refractivity contribution in [1.29, 1.82) is 0 Å². The first-order valence-corrected chi connectivity index (χ1v) is 6.43. The summed E-state index contributed by atoms with van der Waals surface area (Å²) < 4.78 is 5.35. The van der Waals surface area contributed by atoms with Gasteiger partial charge in [0.25, 0.3) is 5.69 Å². The standard InChI is InChI=1S/C15H12N2O4/c18-15-16(12-6-8-13(9-7-12)17(19)20)10-14(21-15)11-4-2-1-3-5-11/h1-9,14H,10H2. The highest BCUT2D eigenvalue weighted by molar-refractivity contribution is 5.90. The maximum Gasteiger partial charge on any atom is 0.415 e. The molecule has 1 saturated heterocycles. The molecule has 0 radical (unpaired) electrons. The lowest BCUT2D eigenvalue weighted by Gasteiger charge is -2.12. The number of nitro groups is 1. The SMILES string of the molecule is O=C1OC(c2ccccc2)CN1c1ccc([N+](=O)[O-])cc1. The molecule has 6 heteroatoms. The highest BCUT2D eigenvalue weighted by Gasteiger charge is 2.33. The minimum absolute atomic E-state index is 0.00840. The number of cyclic esters (lactones) is 1. The third-order valence-electron chi connectivity index (χ3n) is 3.36. The second kappa shape index (κ2) is 5.24. The lowest BCUT2D eigenvalue weighted by Crippen LogP contribution is -2.23. The summed E-state index contributed by atoms with van der Waals surface area (Å²) >= 11 is 0. The lowest BCUT2D eigenvalue weighted by atomic mass is 10.1. The molecule has 0 bridgehead atoms. The Morgan fingerprint density at radius 3 is 2.38 bits per heavy atom. The smallest absolute Gasteiger partial charge is 0.415 e. The fourth-order valence-corrected chi connectivity index (χ4v) is 2.27. The molecular formula is C15H12N2O4. The third-order valence-corrected chi connectivity index (χ3v) is 3.36. The average Bonchev–Trinajstić information content (AvgIpc) is 2.90. The number of nitro benzene ring substituents is 1. The van der Waals surface area contributed by atoms with Crippen LogP contribution in [-0.2, 0) is 4.74 Å². The molecule has 1 aliphatic heterocycles. The Hall–Kier alpha value is -2.89. The van der Waals surface area contributed by atoms with Crippen molar-refractivity contribution < 1.29 is 14.5 Å². The Morgan fingerprint density at radius 1 is 1.10 bits per heavy atom. The lowest BCUT2D eigenvalue weighted by molar-refractivity contribution is -0.384. The number of rotatable bonds is 3. The van der Waals surface area contributed by atoms with Crippen LogP contribution in [0, 0.1) is 10.1 Å². The van der Waals surface area contributed by atoms with Gasteiger partial charge in [0, 0.05) is 17.8 Å². The van der Waals surface area contributed by atoms with Gasteiger partial charge in [-0.1, -0.05) is 30.3 Å². The molecule has 1 fully saturated rings. The van der Waals surface area contributed by atoms with E-state index in [4.69, 9.17) is 4.74 Å². The van der Waals surface area contributed by atoms with Crippen molar-refractivity contribution in [3.05, 3.63) is 70.3 Å². The molecule has 6 nitrogen and oxygen atoms in total. The van der Waals surface area contributed by atoms with Crippen molar-refractivity contribution in [3.63, 3.8) is 0 Å². The van der Waals surface area contributed by atoms with Crippen LogP contribution in [0.1, 0.15) is 11.7 Å². The Balaban J connectivity index is 1.80. The van der Waals surface area contributed by atoms with E-state index in [1.54, 1.807) is 12.1 Å². The van der Waals surface area contributed by atoms with Gasteiger partial charge < -0.3 is 4.74 Å². The third kappa shape index (κ3) is 2.55. The first-order valence-electron chi connectivity index (χ1n) is 6.43. The van der Waals surface area contributed by atoms with Crippen LogP contribution in [-0.4, -0.2) is 17.6 Å². The summed E-state index contributed by atoms with van der Waals surface area (Å²) in [4.78, 5) is 23.6. The first kappa shape index (κ1) is 13.1. The Labute approximate surface area is 120 Å². The van der Waals surface area contributed by atoms with Crippen molar-refractivity contribution in [2.75, 3.05) is 11.4 Å². The largest absolute Gasteiger partial charge is 0.439 e. The van der Waals surface area contributed by atoms with Crippen LogP contribution in [0.15, 0.2) is 54.6 Å². The van der Waals surface area contributed by atoms with Crippen molar-refractivity contribution in [1.82, 2.24) is 0 Å². The van der Waals surface area contributed by atoms with Gasteiger partial charge in [0.1, 0.15) is 6.10 Å². The molecule has 1 atom stereocenters. The summed E-state index contributed by atoms with van der Waals surface area (Å²) in [6.07, 6.45) is -0.772. The quantitative estimate of drug-likeness (QED) is 0.640. The van der Waals surface area contributed by atoms with E-state index in [9.17, 15) is 14.9 Å². The van der Waals surface area contributed by atoms with Crippen molar-refractivity contribution in [2.24, 2.45) is 0 Å². The summed E-state index contributed by atoms with van der Waals surface area (Å²) in [5, 5.41) is 10.6. The molecule has 0 saturated carbocycles. The Morgan fingerprint density at radius 2 is 1.76 bits per heavy atom. The molecule has 0 N–H and O–H groups in total. The van der Waals surface area contributed by atoms with Gasteiger partial charge in [-0.25, -0.2) is 4.79 Å². The number of hydrogen-bond donors (Lipinski definition) is 0. The number of hydrogen-bond acceptors (Lipinski definition) is 4. The zero-order valence-corrected chi connectivity index (χ0v) is 11.0. The zero-order valence-electron chi connectivity index (χ0n) is 11.0. The second-order valence-corrected chi connectivity index (χ2v) is 4.67. The van der Waals surface area contributed by atoms with Crippen LogP contribution >= 0.6 is 0 Å². The molecule has 2 aromatic carbocycles. The summed E-state index contributed by atoms with van der Waals surface area (Å²) in [6, 6.07) is 15.3. The van der Waals surface area contributed by atoms with Gasteiger partial charge in [-0.3, -0.25) is 15.0 Å². The van der Waals surface area contributed by atoms with E-state index in [0.29, 0.717) is 12.2 Å². The second-order valence-electron chi connectivity index (χ2n) is 4.67. The fraction of sp³-hybridized carbons (Fsp3) is 0.133. The molecule has 0 spiro atoms. The van der Waals surface area contributed by atoms with Crippen LogP contribution in [0.5, 0.6) is 0 Å². The number of non-ortho nitro benzene ring substituents is 1. The molecule has 21 heavy (non-hydrogen) atoms. The van der Waals surface area contributed by atoms with Gasteiger partial charge in [0.05, 0.1) is 11.5 Å². The molecule has 1 amide bonds. The van der Waals surface area contributed by atoms with Crippen LogP contribution < -0.4 is 4.90 Å². The van der Waals surface area contributed by atoms with Crippen LogP contribution in [0.25, 0.3) is 0 Å². The van der Waals surface area contributed by atoms with Gasteiger partial charge in [0.2, 0.25) is 0 Å². The molecule has 3 rings (SSSR count). The average molecular weight is 284 g/mol. The molecular weight excluding hydrogens is 272 g/mol. The van der Waals surface area contributed by atoms with Crippen molar-refractivity contribution in [2.45, 2.75) is 6.10 Å². The number of carbonyl (C=O) groups excluding carboxylic acids is 1. The highest BCUT2D eigenvalue weighted by Crippen LogP contribution is 2.30. The minimum atomic E-state index is -0.473. The number of benzene rings is 2. The van der Waals surface area contributed by atoms with Crippen LogP contribution in [0.4, 0.5) is 16.2 Å². The number of nitrogens with zero attached hydrogens (tertiary/aromatic N) is 2. The molecule has 0 aromatic heterocycles. The summed E-state index contributed by atoms with van der Waals surface area (Å²) in [5.41, 5.74) is 1.50. The van der Waals surface area contributed by atoms with Crippen LogP contribution in [0.2, 0.25) is 0 Å². The van der Waals surface area contributed by atoms with E-state index < -0.39 is 11.0 Å². The van der Waals surface area contributed by atoms with Crippen molar-refractivity contribution in [3.8, 4) is 0 Å². The predicted octanol–water partition coefficient (Wildman–Crippen LogP) is 3.29. The van der Waals surface area contributed by atoms with E-state index >= 15 is 0 Å². The van der Waals surface area contributed by atoms with E-state index in [1.165, 1.54) is 17.0 Å². The topological polar surface area (TPSA) is 72.7 Å². The Kier molecular flexibility index (Phi) is 3.27. The first-order chi connectivity index (χ1) is 10.1. The van der Waals surface area contributed by atoms with Gasteiger partial charge in [0.15, 0.2) is 0 Å². The number of ether oxygens (including phenoxy) is 1. The van der Waals surface area contributed by atoms with E-state index in [1.807, 2.05) is 30.3 Å². The maximum absolute atomic E-state index is 11.9. The molecule has 0 aliphatic carbocycles. The number of anilines is 1. The monoisotopic (exact) mass is 284 g/mol. The highest BCUT2D eigenvalue weighted by atomic mass is 16.6. The predicted molar refractivity (Wildman–Crippen MR) is 76.1 cm³/mol. The molecule has 2 aromatic rings. The molecule has 1 aliphatic rings. The van der Waals surface area contributed by atoms with Gasteiger partial charge in [-0.05, 0) is 17.7 Å². The van der Waals surface area contributed by atoms with Gasteiger partial charge >= 0.3 is 6.09 Å².